The Bertz CT molecular complexity index is 886. The van der Waals surface area contributed by atoms with Gasteiger partial charge in [0.2, 0.25) is 0 Å². The van der Waals surface area contributed by atoms with E-state index in [0.29, 0.717) is 10.2 Å². The number of hydrogen-bond donors (Lipinski definition) is 0. The number of thiophene rings is 1. The van der Waals surface area contributed by atoms with Gasteiger partial charge in [-0.3, -0.25) is 4.79 Å². The van der Waals surface area contributed by atoms with Crippen LogP contribution in [0.25, 0.3) is 20.4 Å². The monoisotopic (exact) mass is 288 g/mol. The van der Waals surface area contributed by atoms with E-state index in [1.165, 1.54) is 16.0 Å². The highest BCUT2D eigenvalue weighted by molar-refractivity contribution is 7.25. The summed E-state index contributed by atoms with van der Waals surface area (Å²) in [7, 11) is 0. The molecule has 0 bridgehead atoms. The lowest BCUT2D eigenvalue weighted by Crippen LogP contribution is -2.36. The predicted octanol–water partition coefficient (Wildman–Crippen LogP) is 2.77. The fourth-order valence-electron chi connectivity index (χ4n) is 2.33. The summed E-state index contributed by atoms with van der Waals surface area (Å²) in [5, 5.41) is 9.31. The van der Waals surface area contributed by atoms with Gasteiger partial charge in [-0.15, -0.1) is 16.4 Å². The highest BCUT2D eigenvalue weighted by Gasteiger charge is 2.21. The van der Waals surface area contributed by atoms with Crippen LogP contribution >= 0.6 is 11.3 Å². The Morgan fingerprint density at radius 3 is 2.60 bits per heavy atom. The average molecular weight is 288 g/mol. The number of aromatic nitrogens is 4. The van der Waals surface area contributed by atoms with E-state index in [1.807, 2.05) is 40.7 Å². The maximum atomic E-state index is 12.6. The average Bonchev–Trinajstić information content (AvgIpc) is 2.66. The van der Waals surface area contributed by atoms with Gasteiger partial charge in [-0.2, -0.15) is 0 Å². The lowest BCUT2D eigenvalue weighted by Gasteiger charge is -2.18. The van der Waals surface area contributed by atoms with Crippen molar-refractivity contribution in [2.75, 3.05) is 0 Å². The molecule has 3 aromatic heterocycles. The topological polar surface area (TPSA) is 60.7 Å². The third-order valence-electron chi connectivity index (χ3n) is 3.22. The Morgan fingerprint density at radius 1 is 1.25 bits per heavy atom. The summed E-state index contributed by atoms with van der Waals surface area (Å²) >= 11 is 1.40. The van der Waals surface area contributed by atoms with Gasteiger partial charge in [0.05, 0.1) is 5.54 Å². The fraction of sp³-hybridized carbons (Fsp3) is 0.429. The van der Waals surface area contributed by atoms with Crippen LogP contribution in [0.1, 0.15) is 32.0 Å². The molecular formula is C14H16N4OS. The van der Waals surface area contributed by atoms with Crippen molar-refractivity contribution >= 4 is 31.8 Å². The summed E-state index contributed by atoms with van der Waals surface area (Å²) < 4.78 is 2.07. The molecule has 0 amide bonds. The smallest absolute Gasteiger partial charge is 0.266 e. The Kier molecular flexibility index (Phi) is 2.69. The standard InChI is InChI=1S/C14H16N4OS/c1-7-6-8(2)15-12-9(7)10-11(20-12)13(19)18(17-16-10)14(3,4)5/h6H,1-5H3. The molecule has 3 rings (SSSR count). The lowest BCUT2D eigenvalue weighted by molar-refractivity contribution is 0.328. The number of rotatable bonds is 0. The van der Waals surface area contributed by atoms with Crippen molar-refractivity contribution < 1.29 is 0 Å². The normalized spacial score (nSPS) is 12.4. The van der Waals surface area contributed by atoms with Crippen LogP contribution in [0.2, 0.25) is 0 Å². The molecule has 0 fully saturated rings. The molecule has 0 aromatic carbocycles. The van der Waals surface area contributed by atoms with E-state index < -0.39 is 0 Å². The number of aryl methyl sites for hydroxylation is 2. The molecule has 0 atom stereocenters. The highest BCUT2D eigenvalue weighted by atomic mass is 32.1. The number of pyridine rings is 1. The quantitative estimate of drug-likeness (QED) is 0.638. The van der Waals surface area contributed by atoms with E-state index in [4.69, 9.17) is 0 Å². The SMILES string of the molecule is Cc1cc(C)c2c(n1)sc1c(=O)n(C(C)(C)C)nnc12. The second-order valence-corrected chi connectivity index (χ2v) is 7.02. The molecule has 5 nitrogen and oxygen atoms in total. The van der Waals surface area contributed by atoms with E-state index in [0.717, 1.165) is 21.5 Å². The molecule has 20 heavy (non-hydrogen) atoms. The van der Waals surface area contributed by atoms with Crippen molar-refractivity contribution in [3.05, 3.63) is 27.7 Å². The molecule has 104 valence electrons. The van der Waals surface area contributed by atoms with Crippen LogP contribution in [0.15, 0.2) is 10.9 Å². The van der Waals surface area contributed by atoms with E-state index in [-0.39, 0.29) is 11.1 Å². The second-order valence-electron chi connectivity index (χ2n) is 6.02. The van der Waals surface area contributed by atoms with Crippen LogP contribution in [0.4, 0.5) is 0 Å². The van der Waals surface area contributed by atoms with E-state index in [9.17, 15) is 4.79 Å². The molecule has 0 N–H and O–H groups in total. The Balaban J connectivity index is 2.49. The summed E-state index contributed by atoms with van der Waals surface area (Å²) in [5.74, 6) is 0. The number of nitrogens with zero attached hydrogens (tertiary/aromatic N) is 4. The van der Waals surface area contributed by atoms with Crippen molar-refractivity contribution in [1.29, 1.82) is 0 Å². The van der Waals surface area contributed by atoms with Gasteiger partial charge < -0.3 is 0 Å². The summed E-state index contributed by atoms with van der Waals surface area (Å²) in [6.07, 6.45) is 0. The third kappa shape index (κ3) is 1.83. The molecule has 6 heteroatoms. The van der Waals surface area contributed by atoms with Crippen molar-refractivity contribution in [1.82, 2.24) is 20.0 Å². The zero-order valence-corrected chi connectivity index (χ0v) is 13.0. The minimum Gasteiger partial charge on any atom is -0.266 e. The fourth-order valence-corrected chi connectivity index (χ4v) is 3.48. The zero-order chi connectivity index (χ0) is 14.7. The first-order chi connectivity index (χ1) is 9.29. The summed E-state index contributed by atoms with van der Waals surface area (Å²) in [6, 6.07) is 2.01. The molecule has 3 aromatic rings. The van der Waals surface area contributed by atoms with Crippen molar-refractivity contribution in [3.8, 4) is 0 Å². The molecule has 0 spiro atoms. The van der Waals surface area contributed by atoms with Gasteiger partial charge in [0, 0.05) is 11.1 Å². The summed E-state index contributed by atoms with van der Waals surface area (Å²) in [4.78, 5) is 18.0. The minimum absolute atomic E-state index is 0.0949. The Hall–Kier alpha value is -1.82. The number of fused-ring (bicyclic) bond motifs is 3. The van der Waals surface area contributed by atoms with Crippen molar-refractivity contribution in [2.45, 2.75) is 40.2 Å². The lowest BCUT2D eigenvalue weighted by atomic mass is 10.1. The molecule has 0 aliphatic heterocycles. The molecule has 0 unspecified atom stereocenters. The minimum atomic E-state index is -0.382. The predicted molar refractivity (Wildman–Crippen MR) is 81.4 cm³/mol. The highest BCUT2D eigenvalue weighted by Crippen LogP contribution is 2.31. The molecule has 0 radical (unpaired) electrons. The van der Waals surface area contributed by atoms with E-state index >= 15 is 0 Å². The van der Waals surface area contributed by atoms with Crippen LogP contribution in [0.5, 0.6) is 0 Å². The molecule has 3 heterocycles. The number of hydrogen-bond acceptors (Lipinski definition) is 5. The second kappa shape index (κ2) is 4.09. The molecule has 0 saturated heterocycles. The van der Waals surface area contributed by atoms with E-state index in [1.54, 1.807) is 0 Å². The molecular weight excluding hydrogens is 272 g/mol. The Morgan fingerprint density at radius 2 is 1.95 bits per heavy atom. The van der Waals surface area contributed by atoms with Crippen LogP contribution in [0.3, 0.4) is 0 Å². The summed E-state index contributed by atoms with van der Waals surface area (Å²) in [6.45, 7) is 9.79. The molecule has 0 aliphatic rings. The molecule has 0 aliphatic carbocycles. The first-order valence-electron chi connectivity index (χ1n) is 6.46. The largest absolute Gasteiger partial charge is 0.288 e. The zero-order valence-electron chi connectivity index (χ0n) is 12.2. The van der Waals surface area contributed by atoms with Crippen LogP contribution < -0.4 is 5.56 Å². The van der Waals surface area contributed by atoms with Gasteiger partial charge in [0.25, 0.3) is 5.56 Å². The maximum Gasteiger partial charge on any atom is 0.288 e. The van der Waals surface area contributed by atoms with Gasteiger partial charge in [0.1, 0.15) is 15.0 Å². The first kappa shape index (κ1) is 13.2. The van der Waals surface area contributed by atoms with Gasteiger partial charge in [-0.25, -0.2) is 9.67 Å². The van der Waals surface area contributed by atoms with Crippen molar-refractivity contribution in [3.63, 3.8) is 0 Å². The van der Waals surface area contributed by atoms with Gasteiger partial charge >= 0.3 is 0 Å². The van der Waals surface area contributed by atoms with Gasteiger partial charge in [-0.1, -0.05) is 5.21 Å². The van der Waals surface area contributed by atoms with Crippen LogP contribution in [-0.2, 0) is 5.54 Å². The molecule has 0 saturated carbocycles. The Labute approximate surface area is 120 Å². The van der Waals surface area contributed by atoms with Crippen molar-refractivity contribution in [2.24, 2.45) is 0 Å². The maximum absolute atomic E-state index is 12.6. The third-order valence-corrected chi connectivity index (χ3v) is 4.28. The van der Waals surface area contributed by atoms with Gasteiger partial charge in [-0.05, 0) is 46.2 Å². The van der Waals surface area contributed by atoms with Gasteiger partial charge in [0.15, 0.2) is 0 Å². The first-order valence-corrected chi connectivity index (χ1v) is 7.27. The van der Waals surface area contributed by atoms with Crippen LogP contribution in [0, 0.1) is 13.8 Å². The summed E-state index contributed by atoms with van der Waals surface area (Å²) in [5.41, 5.74) is 2.22. The van der Waals surface area contributed by atoms with Crippen LogP contribution in [-0.4, -0.2) is 20.0 Å². The van der Waals surface area contributed by atoms with E-state index in [2.05, 4.69) is 15.3 Å².